The molecule has 100 valence electrons. The first kappa shape index (κ1) is 13.1. The van der Waals surface area contributed by atoms with Gasteiger partial charge in [0.1, 0.15) is 0 Å². The van der Waals surface area contributed by atoms with Gasteiger partial charge in [-0.2, -0.15) is 4.98 Å². The minimum absolute atomic E-state index is 0.256. The van der Waals surface area contributed by atoms with Crippen LogP contribution in [-0.2, 0) is 11.2 Å². The number of carbonyl (C=O) groups is 1. The van der Waals surface area contributed by atoms with Crippen molar-refractivity contribution in [3.05, 3.63) is 11.7 Å². The highest BCUT2D eigenvalue weighted by Crippen LogP contribution is 2.41. The van der Waals surface area contributed by atoms with E-state index >= 15 is 0 Å². The minimum Gasteiger partial charge on any atom is -0.481 e. The zero-order chi connectivity index (χ0) is 13.2. The molecule has 0 spiro atoms. The average Bonchev–Trinajstić information content (AvgIpc) is 2.98. The van der Waals surface area contributed by atoms with Crippen molar-refractivity contribution in [1.29, 1.82) is 0 Å². The number of hydrogen-bond donors (Lipinski definition) is 1. The van der Waals surface area contributed by atoms with Gasteiger partial charge < -0.3 is 9.63 Å². The van der Waals surface area contributed by atoms with E-state index in [0.717, 1.165) is 19.3 Å². The molecule has 1 aliphatic rings. The SMILES string of the molecule is CCC(C)c1noc(CC2(C(=O)O)CCCC2)n1. The maximum Gasteiger partial charge on any atom is 0.310 e. The van der Waals surface area contributed by atoms with E-state index in [2.05, 4.69) is 17.1 Å². The molecule has 0 saturated heterocycles. The Morgan fingerprint density at radius 1 is 1.50 bits per heavy atom. The van der Waals surface area contributed by atoms with Crippen molar-refractivity contribution in [1.82, 2.24) is 10.1 Å². The molecule has 0 aliphatic heterocycles. The molecule has 0 aromatic carbocycles. The molecule has 0 amide bonds. The molecule has 1 unspecified atom stereocenters. The summed E-state index contributed by atoms with van der Waals surface area (Å²) in [4.78, 5) is 15.8. The van der Waals surface area contributed by atoms with Crippen LogP contribution in [-0.4, -0.2) is 21.2 Å². The summed E-state index contributed by atoms with van der Waals surface area (Å²) in [6.07, 6.45) is 4.68. The second-order valence-corrected chi connectivity index (χ2v) is 5.32. The number of rotatable bonds is 5. The van der Waals surface area contributed by atoms with Gasteiger partial charge in [0.05, 0.1) is 5.41 Å². The highest BCUT2D eigenvalue weighted by Gasteiger charge is 2.42. The van der Waals surface area contributed by atoms with E-state index in [1.807, 2.05) is 6.92 Å². The van der Waals surface area contributed by atoms with Gasteiger partial charge in [0.25, 0.3) is 0 Å². The molecular weight excluding hydrogens is 232 g/mol. The number of carboxylic acid groups (broad SMARTS) is 1. The summed E-state index contributed by atoms with van der Waals surface area (Å²) >= 11 is 0. The molecule has 2 rings (SSSR count). The lowest BCUT2D eigenvalue weighted by Gasteiger charge is -2.21. The number of aliphatic carboxylic acids is 1. The van der Waals surface area contributed by atoms with Gasteiger partial charge in [0, 0.05) is 12.3 Å². The average molecular weight is 252 g/mol. The Morgan fingerprint density at radius 3 is 2.72 bits per heavy atom. The minimum atomic E-state index is -0.733. The summed E-state index contributed by atoms with van der Waals surface area (Å²) in [5.41, 5.74) is -0.681. The fourth-order valence-electron chi connectivity index (χ4n) is 2.53. The Kier molecular flexibility index (Phi) is 3.68. The molecule has 1 heterocycles. The van der Waals surface area contributed by atoms with E-state index < -0.39 is 11.4 Å². The maximum atomic E-state index is 11.4. The summed E-state index contributed by atoms with van der Waals surface area (Å²) < 4.78 is 5.20. The third kappa shape index (κ3) is 2.40. The second-order valence-electron chi connectivity index (χ2n) is 5.32. The van der Waals surface area contributed by atoms with Crippen molar-refractivity contribution >= 4 is 5.97 Å². The first-order valence-electron chi connectivity index (χ1n) is 6.63. The molecule has 5 nitrogen and oxygen atoms in total. The van der Waals surface area contributed by atoms with Gasteiger partial charge in [-0.3, -0.25) is 4.79 Å². The number of nitrogens with zero attached hydrogens (tertiary/aromatic N) is 2. The van der Waals surface area contributed by atoms with Crippen LogP contribution in [0.2, 0.25) is 0 Å². The topological polar surface area (TPSA) is 76.2 Å². The second kappa shape index (κ2) is 5.08. The summed E-state index contributed by atoms with van der Waals surface area (Å²) in [5, 5.41) is 13.3. The van der Waals surface area contributed by atoms with E-state index in [4.69, 9.17) is 4.52 Å². The zero-order valence-corrected chi connectivity index (χ0v) is 11.0. The normalized spacial score (nSPS) is 19.9. The lowest BCUT2D eigenvalue weighted by Crippen LogP contribution is -2.30. The molecule has 5 heteroatoms. The molecule has 1 aliphatic carbocycles. The Hall–Kier alpha value is -1.39. The van der Waals surface area contributed by atoms with Crippen LogP contribution in [0.25, 0.3) is 0 Å². The van der Waals surface area contributed by atoms with Crippen molar-refractivity contribution in [2.75, 3.05) is 0 Å². The molecule has 1 saturated carbocycles. The number of aromatic nitrogens is 2. The van der Waals surface area contributed by atoms with Crippen LogP contribution in [0.4, 0.5) is 0 Å². The van der Waals surface area contributed by atoms with E-state index in [-0.39, 0.29) is 5.92 Å². The van der Waals surface area contributed by atoms with E-state index in [9.17, 15) is 9.90 Å². The van der Waals surface area contributed by atoms with E-state index in [1.54, 1.807) is 0 Å². The molecule has 1 atom stereocenters. The quantitative estimate of drug-likeness (QED) is 0.872. The van der Waals surface area contributed by atoms with Crippen LogP contribution in [0.1, 0.15) is 63.6 Å². The van der Waals surface area contributed by atoms with E-state index in [0.29, 0.717) is 31.0 Å². The lowest BCUT2D eigenvalue weighted by atomic mass is 9.83. The molecule has 1 fully saturated rings. The third-order valence-electron chi connectivity index (χ3n) is 4.04. The highest BCUT2D eigenvalue weighted by atomic mass is 16.5. The standard InChI is InChI=1S/C13H20N2O3/c1-3-9(2)11-14-10(18-15-11)8-13(12(16)17)6-4-5-7-13/h9H,3-8H2,1-2H3,(H,16,17). The van der Waals surface area contributed by atoms with Gasteiger partial charge >= 0.3 is 5.97 Å². The monoisotopic (exact) mass is 252 g/mol. The van der Waals surface area contributed by atoms with Crippen molar-refractivity contribution in [2.24, 2.45) is 5.41 Å². The molecular formula is C13H20N2O3. The van der Waals surface area contributed by atoms with Crippen molar-refractivity contribution in [2.45, 2.75) is 58.3 Å². The van der Waals surface area contributed by atoms with Crippen LogP contribution in [0.5, 0.6) is 0 Å². The fraction of sp³-hybridized carbons (Fsp3) is 0.769. The Morgan fingerprint density at radius 2 is 2.17 bits per heavy atom. The molecule has 1 N–H and O–H groups in total. The Balaban J connectivity index is 2.12. The summed E-state index contributed by atoms with van der Waals surface area (Å²) in [7, 11) is 0. The smallest absolute Gasteiger partial charge is 0.310 e. The maximum absolute atomic E-state index is 11.4. The fourth-order valence-corrected chi connectivity index (χ4v) is 2.53. The molecule has 0 bridgehead atoms. The highest BCUT2D eigenvalue weighted by molar-refractivity contribution is 5.75. The Bertz CT molecular complexity index is 422. The predicted molar refractivity (Wildman–Crippen MR) is 65.2 cm³/mol. The van der Waals surface area contributed by atoms with Crippen molar-refractivity contribution in [3.8, 4) is 0 Å². The van der Waals surface area contributed by atoms with Crippen LogP contribution < -0.4 is 0 Å². The molecule has 18 heavy (non-hydrogen) atoms. The van der Waals surface area contributed by atoms with Crippen molar-refractivity contribution < 1.29 is 14.4 Å². The number of hydrogen-bond acceptors (Lipinski definition) is 4. The predicted octanol–water partition coefficient (Wildman–Crippen LogP) is 2.77. The largest absolute Gasteiger partial charge is 0.481 e. The van der Waals surface area contributed by atoms with Gasteiger partial charge in [-0.25, -0.2) is 0 Å². The van der Waals surface area contributed by atoms with Gasteiger partial charge in [-0.1, -0.05) is 31.8 Å². The number of carboxylic acids is 1. The van der Waals surface area contributed by atoms with Crippen molar-refractivity contribution in [3.63, 3.8) is 0 Å². The Labute approximate surface area is 107 Å². The van der Waals surface area contributed by atoms with Gasteiger partial charge in [0.2, 0.25) is 5.89 Å². The van der Waals surface area contributed by atoms with Gasteiger partial charge in [-0.15, -0.1) is 0 Å². The molecule has 1 aromatic heterocycles. The zero-order valence-electron chi connectivity index (χ0n) is 11.0. The van der Waals surface area contributed by atoms with Crippen LogP contribution in [0.3, 0.4) is 0 Å². The van der Waals surface area contributed by atoms with Gasteiger partial charge in [0.15, 0.2) is 5.82 Å². The van der Waals surface area contributed by atoms with E-state index in [1.165, 1.54) is 0 Å². The third-order valence-corrected chi connectivity index (χ3v) is 4.04. The van der Waals surface area contributed by atoms with Crippen LogP contribution >= 0.6 is 0 Å². The summed E-state index contributed by atoms with van der Waals surface area (Å²) in [5.74, 6) is 0.677. The van der Waals surface area contributed by atoms with Gasteiger partial charge in [-0.05, 0) is 19.3 Å². The summed E-state index contributed by atoms with van der Waals surface area (Å²) in [6, 6.07) is 0. The molecule has 1 aromatic rings. The lowest BCUT2D eigenvalue weighted by molar-refractivity contribution is -0.148. The first-order valence-corrected chi connectivity index (χ1v) is 6.63. The first-order chi connectivity index (χ1) is 8.57. The molecule has 0 radical (unpaired) electrons. The van der Waals surface area contributed by atoms with Crippen LogP contribution in [0.15, 0.2) is 4.52 Å². The van der Waals surface area contributed by atoms with Crippen LogP contribution in [0, 0.1) is 5.41 Å². The summed E-state index contributed by atoms with van der Waals surface area (Å²) in [6.45, 7) is 4.10.